The molecule has 6 heterocycles. The highest BCUT2D eigenvalue weighted by Crippen LogP contribution is 2.49. The molecular formula is C22H27N10O10P. The Morgan fingerprint density at radius 1 is 1.14 bits per heavy atom. The zero-order valence-corrected chi connectivity index (χ0v) is 23.0. The van der Waals surface area contributed by atoms with Crippen LogP contribution >= 0.6 is 7.82 Å². The number of carbonyl (C=O) groups excluding carboxylic acids is 1. The second-order valence-corrected chi connectivity index (χ2v) is 11.6. The molecule has 0 spiro atoms. The van der Waals surface area contributed by atoms with E-state index in [4.69, 9.17) is 25.3 Å². The van der Waals surface area contributed by atoms with E-state index in [-0.39, 0.29) is 53.2 Å². The van der Waals surface area contributed by atoms with Gasteiger partial charge in [-0.1, -0.05) is 6.42 Å². The number of fused-ring (bicyclic) bond motifs is 3. The number of carbonyl (C=O) groups is 1. The van der Waals surface area contributed by atoms with Gasteiger partial charge in [0.15, 0.2) is 35.0 Å². The monoisotopic (exact) mass is 622 g/mol. The van der Waals surface area contributed by atoms with E-state index in [0.29, 0.717) is 0 Å². The summed E-state index contributed by atoms with van der Waals surface area (Å²) in [5, 5.41) is 33.3. The third kappa shape index (κ3) is 5.27. The Hall–Kier alpha value is -3.88. The van der Waals surface area contributed by atoms with E-state index in [9.17, 15) is 34.4 Å². The number of primary amides is 1. The zero-order chi connectivity index (χ0) is 30.6. The predicted octanol–water partition coefficient (Wildman–Crippen LogP) is -1.95. The number of ether oxygens (including phenoxy) is 1. The molecule has 0 radical (unpaired) electrons. The molecule has 1 amide bonds. The number of rotatable bonds is 4. The molecule has 9 N–H and O–H groups in total. The average Bonchev–Trinajstić information content (AvgIpc) is 3.65. The fraction of sp³-hybridized carbons (Fsp3) is 0.500. The molecule has 2 aliphatic rings. The number of nitrogens with one attached hydrogen (secondary N) is 1. The van der Waals surface area contributed by atoms with Crippen LogP contribution in [0, 0.1) is 5.92 Å². The highest BCUT2D eigenvalue weighted by molar-refractivity contribution is 7.47. The first-order valence-electron chi connectivity index (χ1n) is 13.0. The zero-order valence-electron chi connectivity index (χ0n) is 22.1. The molecule has 0 saturated carbocycles. The van der Waals surface area contributed by atoms with Crippen LogP contribution < -0.4 is 17.0 Å². The van der Waals surface area contributed by atoms with Crippen molar-refractivity contribution in [2.75, 3.05) is 12.3 Å². The molecule has 2 aliphatic heterocycles. The first-order chi connectivity index (χ1) is 20.4. The summed E-state index contributed by atoms with van der Waals surface area (Å²) in [5.74, 6) is -1.73. The number of aliphatic hydroxyl groups excluding tert-OH is 3. The largest absolute Gasteiger partial charge is 0.472 e. The normalized spacial score (nSPS) is 31.1. The fourth-order valence-corrected chi connectivity index (χ4v) is 6.41. The molecule has 4 aromatic rings. The van der Waals surface area contributed by atoms with Crippen LogP contribution in [-0.2, 0) is 18.3 Å². The summed E-state index contributed by atoms with van der Waals surface area (Å²) in [6, 6.07) is 0. The lowest BCUT2D eigenvalue weighted by molar-refractivity contribution is -0.0933. The number of hydrogen-bond donors (Lipinski definition) is 7. The Balaban J connectivity index is 1.25. The van der Waals surface area contributed by atoms with Crippen LogP contribution in [0.1, 0.15) is 42.2 Å². The topological polar surface area (TPSA) is 302 Å². The molecule has 4 aromatic heterocycles. The van der Waals surface area contributed by atoms with Gasteiger partial charge in [-0.15, -0.1) is 0 Å². The predicted molar refractivity (Wildman–Crippen MR) is 142 cm³/mol. The van der Waals surface area contributed by atoms with Crippen molar-refractivity contribution in [2.24, 2.45) is 11.7 Å². The summed E-state index contributed by atoms with van der Waals surface area (Å²) in [5.41, 5.74) is 10.1. The Morgan fingerprint density at radius 2 is 1.91 bits per heavy atom. The Kier molecular flexibility index (Phi) is 7.47. The van der Waals surface area contributed by atoms with Gasteiger partial charge in [0.25, 0.3) is 11.5 Å². The summed E-state index contributed by atoms with van der Waals surface area (Å²) in [6.45, 7) is -0.513. The number of aromatic nitrogens is 8. The van der Waals surface area contributed by atoms with Crippen LogP contribution in [0.5, 0.6) is 0 Å². The van der Waals surface area contributed by atoms with Gasteiger partial charge in [0.1, 0.15) is 24.1 Å². The van der Waals surface area contributed by atoms with Crippen LogP contribution in [-0.4, -0.2) is 96.2 Å². The average molecular weight is 622 g/mol. The summed E-state index contributed by atoms with van der Waals surface area (Å²) in [7, 11) is -4.98. The molecule has 43 heavy (non-hydrogen) atoms. The van der Waals surface area contributed by atoms with Crippen molar-refractivity contribution in [1.82, 2.24) is 39.0 Å². The number of aromatic amines is 1. The minimum Gasteiger partial charge on any atom is -0.390 e. The molecule has 2 saturated heterocycles. The minimum absolute atomic E-state index is 0.0473. The minimum atomic E-state index is -4.98. The molecule has 0 bridgehead atoms. The van der Waals surface area contributed by atoms with E-state index in [1.807, 2.05) is 0 Å². The van der Waals surface area contributed by atoms with Crippen molar-refractivity contribution in [3.8, 4) is 0 Å². The van der Waals surface area contributed by atoms with Gasteiger partial charge in [0, 0.05) is 5.92 Å². The Labute approximate surface area is 239 Å². The van der Waals surface area contributed by atoms with Crippen LogP contribution in [0.2, 0.25) is 0 Å². The Bertz CT molecular complexity index is 1790. The van der Waals surface area contributed by atoms with E-state index in [1.165, 1.54) is 10.9 Å². The third-order valence-corrected chi connectivity index (χ3v) is 8.48. The number of nitrogens with two attached hydrogens (primary N) is 2. The van der Waals surface area contributed by atoms with E-state index in [1.54, 1.807) is 0 Å². The lowest BCUT2D eigenvalue weighted by Gasteiger charge is -2.29. The summed E-state index contributed by atoms with van der Waals surface area (Å²) >= 11 is 0. The molecule has 20 nitrogen and oxygen atoms in total. The molecule has 0 aliphatic carbocycles. The Morgan fingerprint density at radius 3 is 2.67 bits per heavy atom. The highest BCUT2D eigenvalue weighted by Gasteiger charge is 2.47. The maximum atomic E-state index is 13.0. The number of H-pyrrole nitrogens is 1. The van der Waals surface area contributed by atoms with Crippen molar-refractivity contribution in [3.63, 3.8) is 0 Å². The quantitative estimate of drug-likeness (QED) is 0.122. The molecule has 21 heteroatoms. The van der Waals surface area contributed by atoms with Gasteiger partial charge in [-0.2, -0.15) is 4.98 Å². The summed E-state index contributed by atoms with van der Waals surface area (Å²) < 4.78 is 31.9. The number of amides is 1. The number of phosphoric ester groups is 1. The van der Waals surface area contributed by atoms with E-state index >= 15 is 0 Å². The molecular weight excluding hydrogens is 595 g/mol. The highest BCUT2D eigenvalue weighted by atomic mass is 31.2. The number of phosphoric acid groups is 1. The lowest BCUT2D eigenvalue weighted by atomic mass is 9.91. The van der Waals surface area contributed by atoms with E-state index < -0.39 is 68.7 Å². The number of hydrogen-bond acceptors (Lipinski definition) is 15. The summed E-state index contributed by atoms with van der Waals surface area (Å²) in [4.78, 5) is 56.7. The fourth-order valence-electron chi connectivity index (χ4n) is 5.46. The third-order valence-electron chi connectivity index (χ3n) is 7.49. The van der Waals surface area contributed by atoms with Crippen LogP contribution in [0.25, 0.3) is 22.3 Å². The molecule has 8 atom stereocenters. The molecule has 2 fully saturated rings. The van der Waals surface area contributed by atoms with Crippen LogP contribution in [0.4, 0.5) is 5.95 Å². The van der Waals surface area contributed by atoms with Gasteiger partial charge in [-0.25, -0.2) is 24.5 Å². The second-order valence-electron chi connectivity index (χ2n) is 10.2. The number of aliphatic hydroxyl groups is 3. The first kappa shape index (κ1) is 29.2. The van der Waals surface area contributed by atoms with Crippen molar-refractivity contribution in [2.45, 2.75) is 56.1 Å². The lowest BCUT2D eigenvalue weighted by Crippen LogP contribution is -2.37. The van der Waals surface area contributed by atoms with Gasteiger partial charge >= 0.3 is 7.82 Å². The summed E-state index contributed by atoms with van der Waals surface area (Å²) in [6.07, 6.45) is -4.35. The van der Waals surface area contributed by atoms with Gasteiger partial charge in [-0.05, 0) is 12.8 Å². The van der Waals surface area contributed by atoms with Gasteiger partial charge in [-0.3, -0.25) is 32.8 Å². The number of imidazole rings is 2. The second kappa shape index (κ2) is 11.0. The van der Waals surface area contributed by atoms with Crippen molar-refractivity contribution in [3.05, 3.63) is 35.0 Å². The number of nitrogens with zero attached hydrogens (tertiary/aromatic N) is 7. The van der Waals surface area contributed by atoms with Crippen LogP contribution in [0.15, 0.2) is 23.8 Å². The van der Waals surface area contributed by atoms with E-state index in [0.717, 1.165) is 17.2 Å². The molecule has 0 aromatic carbocycles. The molecule has 6 rings (SSSR count). The smallest absolute Gasteiger partial charge is 0.390 e. The van der Waals surface area contributed by atoms with Crippen molar-refractivity contribution < 1.29 is 43.4 Å². The van der Waals surface area contributed by atoms with E-state index in [2.05, 4.69) is 29.9 Å². The molecule has 2 unspecified atom stereocenters. The van der Waals surface area contributed by atoms with Crippen LogP contribution in [0.3, 0.4) is 0 Å². The number of anilines is 1. The standard InChI is InChI=1S/C22H27N10O10P/c23-16(35)11-12-17(26-5-25-11)32(7-27-12)21-14(34)8-2-1-3-9(33)15(42-43(38,39)40-4-10(8)41-21)20(37)31-6-28-13-18(31)29-22(24)30-19(13)36/h5-10,14-15,20-21,33-34,37H,1-4H2,(H2,23,35)(H,38,39)(H3,24,29,30,36)/t8-,9?,10-,14-,15-,20-,21-/m1/s1. The maximum absolute atomic E-state index is 13.0. The van der Waals surface area contributed by atoms with Gasteiger partial charge in [0.05, 0.1) is 31.5 Å². The first-order valence-corrected chi connectivity index (χ1v) is 14.5. The molecule has 230 valence electrons. The van der Waals surface area contributed by atoms with Crippen molar-refractivity contribution in [1.29, 1.82) is 0 Å². The van der Waals surface area contributed by atoms with Gasteiger partial charge in [0.2, 0.25) is 5.95 Å². The van der Waals surface area contributed by atoms with Gasteiger partial charge < -0.3 is 36.4 Å². The maximum Gasteiger partial charge on any atom is 0.472 e. The van der Waals surface area contributed by atoms with Crippen molar-refractivity contribution >= 4 is 42.0 Å². The number of nitrogen functional groups attached to an aromatic ring is 1. The SMILES string of the molecule is NC(=O)c1ncnc2c1ncn2[C@@H]1O[C@@H]2COP(=O)(O)O[C@@H]([C@@H](O)n3cnc4c(=O)[nH]c(N)nc43)C(O)CCC[C@H]2[C@H]1O.